The lowest BCUT2D eigenvalue weighted by Gasteiger charge is -2.11. The average Bonchev–Trinajstić information content (AvgIpc) is 3.40. The first-order valence-corrected chi connectivity index (χ1v) is 10.2. The summed E-state index contributed by atoms with van der Waals surface area (Å²) in [6, 6.07) is 22.4. The zero-order chi connectivity index (χ0) is 20.1. The van der Waals surface area contributed by atoms with Crippen molar-refractivity contribution >= 4 is 23.2 Å². The lowest BCUT2D eigenvalue weighted by Crippen LogP contribution is -2.16. The first-order chi connectivity index (χ1) is 14.2. The second-order valence-corrected chi connectivity index (χ2v) is 7.60. The second-order valence-electron chi connectivity index (χ2n) is 6.77. The van der Waals surface area contributed by atoms with E-state index in [1.54, 1.807) is 23.8 Å². The summed E-state index contributed by atoms with van der Waals surface area (Å²) in [4.78, 5) is 2.89. The third-order valence-corrected chi connectivity index (χ3v) is 5.37. The van der Waals surface area contributed by atoms with Crippen molar-refractivity contribution < 1.29 is 4.42 Å². The van der Waals surface area contributed by atoms with Crippen LogP contribution in [0.2, 0.25) is 0 Å². The van der Waals surface area contributed by atoms with Crippen molar-refractivity contribution in [1.82, 2.24) is 4.57 Å². The number of benzene rings is 2. The SMILES string of the molecule is CN(C)c1ccc(/C=N/N=c2\scc(-c3ccccc3)n2Cc2ccco2)cc1. The number of nitrogens with zero attached hydrogens (tertiary/aromatic N) is 4. The lowest BCUT2D eigenvalue weighted by atomic mass is 10.2. The molecule has 0 radical (unpaired) electrons. The highest BCUT2D eigenvalue weighted by molar-refractivity contribution is 7.07. The van der Waals surface area contributed by atoms with Crippen LogP contribution in [-0.2, 0) is 6.54 Å². The van der Waals surface area contributed by atoms with Gasteiger partial charge in [0.1, 0.15) is 5.76 Å². The molecule has 0 unspecified atom stereocenters. The Morgan fingerprint density at radius 2 is 1.79 bits per heavy atom. The summed E-state index contributed by atoms with van der Waals surface area (Å²) in [5, 5.41) is 10.9. The van der Waals surface area contributed by atoms with Gasteiger partial charge in [-0.2, -0.15) is 5.10 Å². The molecule has 0 aliphatic carbocycles. The molecule has 0 fully saturated rings. The molecule has 2 aromatic carbocycles. The summed E-state index contributed by atoms with van der Waals surface area (Å²) < 4.78 is 7.69. The van der Waals surface area contributed by atoms with E-state index in [9.17, 15) is 0 Å². The van der Waals surface area contributed by atoms with Gasteiger partial charge in [-0.1, -0.05) is 42.5 Å². The fourth-order valence-corrected chi connectivity index (χ4v) is 3.83. The Hall–Kier alpha value is -3.38. The molecule has 4 aromatic rings. The van der Waals surface area contributed by atoms with Crippen LogP contribution in [0.25, 0.3) is 11.3 Å². The molecular formula is C23H22N4OS. The Morgan fingerprint density at radius 3 is 2.48 bits per heavy atom. The quantitative estimate of drug-likeness (QED) is 0.342. The standard InChI is InChI=1S/C23H22N4OS/c1-26(2)20-12-10-18(11-13-20)15-24-25-23-27(16-21-9-6-14-28-21)22(17-29-23)19-7-4-3-5-8-19/h3-15,17H,16H2,1-2H3/b24-15+,25-23-. The highest BCUT2D eigenvalue weighted by atomic mass is 32.1. The first-order valence-electron chi connectivity index (χ1n) is 9.31. The van der Waals surface area contributed by atoms with Crippen molar-refractivity contribution in [2.75, 3.05) is 19.0 Å². The molecule has 29 heavy (non-hydrogen) atoms. The summed E-state index contributed by atoms with van der Waals surface area (Å²) in [7, 11) is 4.05. The Morgan fingerprint density at radius 1 is 1.00 bits per heavy atom. The summed E-state index contributed by atoms with van der Waals surface area (Å²) >= 11 is 1.57. The molecule has 0 spiro atoms. The molecule has 2 heterocycles. The minimum absolute atomic E-state index is 0.604. The highest BCUT2D eigenvalue weighted by Crippen LogP contribution is 2.21. The Bertz CT molecular complexity index is 1140. The van der Waals surface area contributed by atoms with Crippen LogP contribution in [-0.4, -0.2) is 24.9 Å². The number of hydrogen-bond donors (Lipinski definition) is 0. The van der Waals surface area contributed by atoms with Crippen LogP contribution >= 0.6 is 11.3 Å². The van der Waals surface area contributed by atoms with Crippen LogP contribution in [0.15, 0.2) is 93.0 Å². The van der Waals surface area contributed by atoms with Gasteiger partial charge in [-0.15, -0.1) is 16.4 Å². The zero-order valence-electron chi connectivity index (χ0n) is 16.4. The maximum Gasteiger partial charge on any atom is 0.211 e. The molecule has 2 aromatic heterocycles. The fourth-order valence-electron chi connectivity index (χ4n) is 2.96. The van der Waals surface area contributed by atoms with E-state index in [1.165, 1.54) is 0 Å². The maximum atomic E-state index is 5.56. The zero-order valence-corrected chi connectivity index (χ0v) is 17.2. The topological polar surface area (TPSA) is 46.0 Å². The van der Waals surface area contributed by atoms with Crippen molar-refractivity contribution in [3.8, 4) is 11.3 Å². The van der Waals surface area contributed by atoms with E-state index in [1.807, 2.05) is 56.6 Å². The van der Waals surface area contributed by atoms with Gasteiger partial charge in [-0.05, 0) is 35.4 Å². The molecule has 0 atom stereocenters. The van der Waals surface area contributed by atoms with Gasteiger partial charge in [0.2, 0.25) is 4.80 Å². The van der Waals surface area contributed by atoms with Crippen LogP contribution in [0.1, 0.15) is 11.3 Å². The molecular weight excluding hydrogens is 380 g/mol. The van der Waals surface area contributed by atoms with E-state index in [0.717, 1.165) is 33.1 Å². The molecule has 0 aliphatic rings. The normalized spacial score (nSPS) is 12.0. The number of rotatable bonds is 6. The Labute approximate surface area is 173 Å². The fraction of sp³-hybridized carbons (Fsp3) is 0.130. The van der Waals surface area contributed by atoms with Crippen molar-refractivity contribution in [2.24, 2.45) is 10.2 Å². The monoisotopic (exact) mass is 402 g/mol. The molecule has 0 saturated carbocycles. The van der Waals surface area contributed by atoms with Crippen molar-refractivity contribution in [3.05, 3.63) is 94.5 Å². The predicted octanol–water partition coefficient (Wildman–Crippen LogP) is 4.86. The second kappa shape index (κ2) is 8.75. The van der Waals surface area contributed by atoms with Crippen molar-refractivity contribution in [3.63, 3.8) is 0 Å². The molecule has 5 nitrogen and oxygen atoms in total. The van der Waals surface area contributed by atoms with E-state index in [-0.39, 0.29) is 0 Å². The van der Waals surface area contributed by atoms with Crippen LogP contribution < -0.4 is 9.70 Å². The number of aromatic nitrogens is 1. The van der Waals surface area contributed by atoms with E-state index >= 15 is 0 Å². The lowest BCUT2D eigenvalue weighted by molar-refractivity contribution is 0.491. The van der Waals surface area contributed by atoms with Gasteiger partial charge in [0.05, 0.1) is 24.7 Å². The first kappa shape index (κ1) is 19.0. The third-order valence-electron chi connectivity index (χ3n) is 4.52. The molecule has 0 N–H and O–H groups in total. The third kappa shape index (κ3) is 4.55. The molecule has 146 valence electrons. The van der Waals surface area contributed by atoms with Crippen molar-refractivity contribution in [2.45, 2.75) is 6.54 Å². The molecule has 0 bridgehead atoms. The molecule has 6 heteroatoms. The maximum absolute atomic E-state index is 5.56. The van der Waals surface area contributed by atoms with Gasteiger partial charge in [0, 0.05) is 25.2 Å². The smallest absolute Gasteiger partial charge is 0.211 e. The van der Waals surface area contributed by atoms with Crippen LogP contribution in [0.4, 0.5) is 5.69 Å². The summed E-state index contributed by atoms with van der Waals surface area (Å²) in [6.07, 6.45) is 3.47. The van der Waals surface area contributed by atoms with Gasteiger partial charge in [0.15, 0.2) is 0 Å². The summed E-state index contributed by atoms with van der Waals surface area (Å²) in [5.74, 6) is 0.880. The minimum atomic E-state index is 0.604. The Kier molecular flexibility index (Phi) is 5.72. The highest BCUT2D eigenvalue weighted by Gasteiger charge is 2.09. The average molecular weight is 403 g/mol. The number of thiazole rings is 1. The van der Waals surface area contributed by atoms with E-state index in [4.69, 9.17) is 4.42 Å². The van der Waals surface area contributed by atoms with Gasteiger partial charge < -0.3 is 13.9 Å². The largest absolute Gasteiger partial charge is 0.467 e. The molecule has 4 rings (SSSR count). The summed E-state index contributed by atoms with van der Waals surface area (Å²) in [6.45, 7) is 0.604. The number of furan rings is 1. The molecule has 0 amide bonds. The van der Waals surface area contributed by atoms with Gasteiger partial charge >= 0.3 is 0 Å². The van der Waals surface area contributed by atoms with Crippen LogP contribution in [0.3, 0.4) is 0 Å². The van der Waals surface area contributed by atoms with Crippen molar-refractivity contribution in [1.29, 1.82) is 0 Å². The van der Waals surface area contributed by atoms with Gasteiger partial charge in [0.25, 0.3) is 0 Å². The predicted molar refractivity (Wildman–Crippen MR) is 119 cm³/mol. The van der Waals surface area contributed by atoms with E-state index in [2.05, 4.69) is 49.3 Å². The van der Waals surface area contributed by atoms with E-state index in [0.29, 0.717) is 6.54 Å². The molecule has 0 aliphatic heterocycles. The van der Waals surface area contributed by atoms with Gasteiger partial charge in [-0.25, -0.2) is 0 Å². The molecule has 0 saturated heterocycles. The minimum Gasteiger partial charge on any atom is -0.467 e. The summed E-state index contributed by atoms with van der Waals surface area (Å²) in [5.41, 5.74) is 4.40. The van der Waals surface area contributed by atoms with Crippen LogP contribution in [0.5, 0.6) is 0 Å². The number of hydrogen-bond acceptors (Lipinski definition) is 5. The van der Waals surface area contributed by atoms with Crippen LogP contribution in [0, 0.1) is 0 Å². The Balaban J connectivity index is 1.66. The van der Waals surface area contributed by atoms with E-state index < -0.39 is 0 Å². The van der Waals surface area contributed by atoms with Gasteiger partial charge in [-0.3, -0.25) is 0 Å². The number of anilines is 1.